The van der Waals surface area contributed by atoms with E-state index in [9.17, 15) is 0 Å². The van der Waals surface area contributed by atoms with Gasteiger partial charge in [0.25, 0.3) is 0 Å². The quantitative estimate of drug-likeness (QED) is 0.841. The Hall–Kier alpha value is -0.630. The zero-order chi connectivity index (χ0) is 12.5. The lowest BCUT2D eigenvalue weighted by molar-refractivity contribution is 0.358. The van der Waals surface area contributed by atoms with Gasteiger partial charge in [0.1, 0.15) is 0 Å². The molecule has 0 amide bonds. The molecule has 0 saturated carbocycles. The summed E-state index contributed by atoms with van der Waals surface area (Å²) in [5, 5.41) is 3.71. The minimum Gasteiger partial charge on any atom is -0.381 e. The largest absolute Gasteiger partial charge is 0.381 e. The van der Waals surface area contributed by atoms with Gasteiger partial charge in [0.05, 0.1) is 0 Å². The summed E-state index contributed by atoms with van der Waals surface area (Å²) in [6.07, 6.45) is 1.27. The first-order chi connectivity index (χ1) is 7.96. The van der Waals surface area contributed by atoms with Crippen LogP contribution in [0, 0.1) is 19.3 Å². The fraction of sp³-hybridized carbons (Fsp3) is 0.600. The molecule has 17 heavy (non-hydrogen) atoms. The summed E-state index contributed by atoms with van der Waals surface area (Å²) in [4.78, 5) is 0. The normalized spacial score (nSPS) is 23.4. The first-order valence-electron chi connectivity index (χ1n) is 6.38. The van der Waals surface area contributed by atoms with Crippen molar-refractivity contribution in [2.45, 2.75) is 40.2 Å². The molecule has 94 valence electrons. The Balaban J connectivity index is 2.05. The van der Waals surface area contributed by atoms with Crippen molar-refractivity contribution >= 4 is 17.4 Å². The summed E-state index contributed by atoms with van der Waals surface area (Å²) in [5.41, 5.74) is 4.47. The Morgan fingerprint density at radius 1 is 1.29 bits per heavy atom. The third-order valence-electron chi connectivity index (χ3n) is 3.35. The van der Waals surface area contributed by atoms with Gasteiger partial charge in [-0.3, -0.25) is 0 Å². The van der Waals surface area contributed by atoms with Gasteiger partial charge in [0, 0.05) is 17.5 Å². The van der Waals surface area contributed by atoms with Crippen LogP contribution in [-0.4, -0.2) is 17.5 Å². The molecule has 1 aliphatic heterocycles. The smallest absolute Gasteiger partial charge is 0.0372 e. The first-order valence-corrected chi connectivity index (χ1v) is 7.53. The average Bonchev–Trinajstić information content (AvgIpc) is 2.21. The molecule has 1 fully saturated rings. The molecule has 1 saturated heterocycles. The molecule has 2 heteroatoms. The van der Waals surface area contributed by atoms with Crippen LogP contribution in [0.5, 0.6) is 0 Å². The van der Waals surface area contributed by atoms with Crippen molar-refractivity contribution in [3.63, 3.8) is 0 Å². The summed E-state index contributed by atoms with van der Waals surface area (Å²) in [6.45, 7) is 9.08. The van der Waals surface area contributed by atoms with Gasteiger partial charge in [0.2, 0.25) is 0 Å². The molecule has 1 unspecified atom stereocenters. The molecule has 1 aliphatic rings. The van der Waals surface area contributed by atoms with Crippen molar-refractivity contribution in [1.29, 1.82) is 0 Å². The molecular formula is C15H23NS. The van der Waals surface area contributed by atoms with Crippen LogP contribution in [0.1, 0.15) is 31.4 Å². The maximum atomic E-state index is 3.71. The molecule has 1 heterocycles. The van der Waals surface area contributed by atoms with E-state index in [2.05, 4.69) is 63.0 Å². The molecule has 0 radical (unpaired) electrons. The lowest BCUT2D eigenvalue weighted by Crippen LogP contribution is -2.35. The highest BCUT2D eigenvalue weighted by atomic mass is 32.2. The summed E-state index contributed by atoms with van der Waals surface area (Å²) in [6, 6.07) is 7.28. The number of thioether (sulfide) groups is 1. The van der Waals surface area contributed by atoms with Crippen molar-refractivity contribution in [2.24, 2.45) is 5.41 Å². The van der Waals surface area contributed by atoms with Gasteiger partial charge in [-0.05, 0) is 43.1 Å². The molecule has 0 aliphatic carbocycles. The predicted octanol–water partition coefficient (Wildman–Crippen LogP) is 4.25. The molecule has 0 aromatic heterocycles. The third-order valence-corrected chi connectivity index (χ3v) is 4.98. The maximum absolute atomic E-state index is 3.71. The van der Waals surface area contributed by atoms with Gasteiger partial charge in [0.15, 0.2) is 0 Å². The zero-order valence-electron chi connectivity index (χ0n) is 11.3. The van der Waals surface area contributed by atoms with E-state index in [-0.39, 0.29) is 0 Å². The predicted molar refractivity (Wildman–Crippen MR) is 79.0 cm³/mol. The van der Waals surface area contributed by atoms with Gasteiger partial charge in [-0.2, -0.15) is 11.8 Å². The van der Waals surface area contributed by atoms with E-state index >= 15 is 0 Å². The van der Waals surface area contributed by atoms with Crippen molar-refractivity contribution < 1.29 is 0 Å². The number of benzene rings is 1. The minimum atomic E-state index is 0.471. The van der Waals surface area contributed by atoms with Crippen LogP contribution in [-0.2, 0) is 0 Å². The Labute approximate surface area is 109 Å². The molecule has 2 rings (SSSR count). The Morgan fingerprint density at radius 3 is 2.71 bits per heavy atom. The van der Waals surface area contributed by atoms with E-state index in [1.807, 2.05) is 0 Å². The zero-order valence-corrected chi connectivity index (χ0v) is 12.2. The van der Waals surface area contributed by atoms with Gasteiger partial charge < -0.3 is 5.32 Å². The molecule has 1 nitrogen and oxygen atoms in total. The monoisotopic (exact) mass is 249 g/mol. The molecule has 0 spiro atoms. The lowest BCUT2D eigenvalue weighted by Gasteiger charge is -2.35. The average molecular weight is 249 g/mol. The van der Waals surface area contributed by atoms with Crippen LogP contribution in [0.3, 0.4) is 0 Å². The molecule has 1 atom stereocenters. The van der Waals surface area contributed by atoms with Crippen LogP contribution >= 0.6 is 11.8 Å². The number of anilines is 1. The van der Waals surface area contributed by atoms with Crippen molar-refractivity contribution in [3.05, 3.63) is 29.3 Å². The van der Waals surface area contributed by atoms with E-state index in [1.165, 1.54) is 34.7 Å². The minimum absolute atomic E-state index is 0.471. The number of rotatable bonds is 2. The molecule has 1 aromatic carbocycles. The van der Waals surface area contributed by atoms with Gasteiger partial charge >= 0.3 is 0 Å². The van der Waals surface area contributed by atoms with E-state index in [4.69, 9.17) is 0 Å². The van der Waals surface area contributed by atoms with E-state index < -0.39 is 0 Å². The van der Waals surface area contributed by atoms with Crippen molar-refractivity contribution in [1.82, 2.24) is 0 Å². The van der Waals surface area contributed by atoms with Crippen molar-refractivity contribution in [3.8, 4) is 0 Å². The Kier molecular flexibility index (Phi) is 3.72. The van der Waals surface area contributed by atoms with Crippen LogP contribution in [0.25, 0.3) is 0 Å². The topological polar surface area (TPSA) is 12.0 Å². The van der Waals surface area contributed by atoms with Gasteiger partial charge in [-0.15, -0.1) is 0 Å². The molecular weight excluding hydrogens is 226 g/mol. The van der Waals surface area contributed by atoms with Crippen molar-refractivity contribution in [2.75, 3.05) is 16.8 Å². The summed E-state index contributed by atoms with van der Waals surface area (Å²) >= 11 is 2.08. The second kappa shape index (κ2) is 4.93. The fourth-order valence-electron chi connectivity index (χ4n) is 2.55. The number of hydrogen-bond donors (Lipinski definition) is 1. The highest BCUT2D eigenvalue weighted by Gasteiger charge is 2.28. The fourth-order valence-corrected chi connectivity index (χ4v) is 3.82. The van der Waals surface area contributed by atoms with Crippen LogP contribution < -0.4 is 5.32 Å². The third kappa shape index (κ3) is 3.41. The SMILES string of the molecule is Cc1ccc(NC2CSCC(C)(C)C2)c(C)c1. The van der Waals surface area contributed by atoms with Crippen LogP contribution in [0.4, 0.5) is 5.69 Å². The first kappa shape index (κ1) is 12.8. The highest BCUT2D eigenvalue weighted by molar-refractivity contribution is 7.99. The highest BCUT2D eigenvalue weighted by Crippen LogP contribution is 2.35. The lowest BCUT2D eigenvalue weighted by atomic mass is 9.87. The Morgan fingerprint density at radius 2 is 2.06 bits per heavy atom. The second-order valence-corrected chi connectivity index (χ2v) is 7.07. The van der Waals surface area contributed by atoms with Crippen LogP contribution in [0.2, 0.25) is 0 Å². The molecule has 0 bridgehead atoms. The Bertz CT molecular complexity index is 398. The van der Waals surface area contributed by atoms with E-state index in [1.54, 1.807) is 0 Å². The number of nitrogens with one attached hydrogen (secondary N) is 1. The van der Waals surface area contributed by atoms with E-state index in [0.717, 1.165) is 0 Å². The van der Waals surface area contributed by atoms with Gasteiger partial charge in [-0.25, -0.2) is 0 Å². The molecule has 1 aromatic rings. The van der Waals surface area contributed by atoms with Gasteiger partial charge in [-0.1, -0.05) is 31.5 Å². The molecule has 1 N–H and O–H groups in total. The van der Waals surface area contributed by atoms with E-state index in [0.29, 0.717) is 11.5 Å². The number of aryl methyl sites for hydroxylation is 2. The van der Waals surface area contributed by atoms with Crippen LogP contribution in [0.15, 0.2) is 18.2 Å². The summed E-state index contributed by atoms with van der Waals surface area (Å²) in [7, 11) is 0. The summed E-state index contributed by atoms with van der Waals surface area (Å²) in [5.74, 6) is 2.52. The maximum Gasteiger partial charge on any atom is 0.0372 e. The second-order valence-electron chi connectivity index (χ2n) is 6.04. The summed E-state index contributed by atoms with van der Waals surface area (Å²) < 4.78 is 0. The standard InChI is InChI=1S/C15H23NS/c1-11-5-6-14(12(2)7-11)16-13-8-15(3,4)10-17-9-13/h5-7,13,16H,8-10H2,1-4H3. The number of hydrogen-bond acceptors (Lipinski definition) is 2.